The molecule has 0 radical (unpaired) electrons. The van der Waals surface area contributed by atoms with E-state index in [0.29, 0.717) is 18.1 Å². The first-order valence-corrected chi connectivity index (χ1v) is 6.62. The van der Waals surface area contributed by atoms with Gasteiger partial charge in [0.2, 0.25) is 0 Å². The standard InChI is InChI=1S/C15H23NO2/c1-5-11(3)12(4)16-15(17)13-8-7-9-14(10-13)18-6-2/h7-12H,5-6H2,1-4H3,(H,16,17). The van der Waals surface area contributed by atoms with Crippen molar-refractivity contribution < 1.29 is 9.53 Å². The summed E-state index contributed by atoms with van der Waals surface area (Å²) in [4.78, 5) is 12.1. The number of carbonyl (C=O) groups excluding carboxylic acids is 1. The average molecular weight is 249 g/mol. The van der Waals surface area contributed by atoms with Crippen LogP contribution in [0, 0.1) is 5.92 Å². The van der Waals surface area contributed by atoms with Crippen molar-refractivity contribution in [3.05, 3.63) is 29.8 Å². The number of benzene rings is 1. The lowest BCUT2D eigenvalue weighted by Crippen LogP contribution is -2.36. The van der Waals surface area contributed by atoms with E-state index in [-0.39, 0.29) is 11.9 Å². The van der Waals surface area contributed by atoms with Crippen molar-refractivity contribution in [2.45, 2.75) is 40.2 Å². The summed E-state index contributed by atoms with van der Waals surface area (Å²) in [7, 11) is 0. The molecule has 1 aromatic carbocycles. The highest BCUT2D eigenvalue weighted by molar-refractivity contribution is 5.94. The van der Waals surface area contributed by atoms with Gasteiger partial charge < -0.3 is 10.1 Å². The van der Waals surface area contributed by atoms with E-state index in [4.69, 9.17) is 4.74 Å². The zero-order valence-corrected chi connectivity index (χ0v) is 11.7. The largest absolute Gasteiger partial charge is 0.494 e. The van der Waals surface area contributed by atoms with Crippen LogP contribution < -0.4 is 10.1 Å². The van der Waals surface area contributed by atoms with Gasteiger partial charge in [0.25, 0.3) is 5.91 Å². The fraction of sp³-hybridized carbons (Fsp3) is 0.533. The van der Waals surface area contributed by atoms with Crippen molar-refractivity contribution in [2.24, 2.45) is 5.92 Å². The number of nitrogens with one attached hydrogen (secondary N) is 1. The lowest BCUT2D eigenvalue weighted by Gasteiger charge is -2.20. The number of ether oxygens (including phenoxy) is 1. The zero-order valence-electron chi connectivity index (χ0n) is 11.7. The van der Waals surface area contributed by atoms with Crippen LogP contribution in [-0.4, -0.2) is 18.6 Å². The third kappa shape index (κ3) is 4.06. The molecule has 1 rings (SSSR count). The fourth-order valence-electron chi connectivity index (χ4n) is 1.68. The van der Waals surface area contributed by atoms with E-state index in [2.05, 4.69) is 19.2 Å². The number of rotatable bonds is 6. The molecular formula is C15H23NO2. The van der Waals surface area contributed by atoms with E-state index >= 15 is 0 Å². The normalized spacial score (nSPS) is 13.8. The van der Waals surface area contributed by atoms with Crippen LogP contribution in [0.4, 0.5) is 0 Å². The molecule has 0 saturated carbocycles. The summed E-state index contributed by atoms with van der Waals surface area (Å²) in [6, 6.07) is 7.47. The summed E-state index contributed by atoms with van der Waals surface area (Å²) in [5.41, 5.74) is 0.649. The topological polar surface area (TPSA) is 38.3 Å². The molecule has 0 fully saturated rings. The summed E-state index contributed by atoms with van der Waals surface area (Å²) in [6.45, 7) is 8.84. The van der Waals surface area contributed by atoms with Gasteiger partial charge in [0.1, 0.15) is 5.75 Å². The maximum Gasteiger partial charge on any atom is 0.251 e. The van der Waals surface area contributed by atoms with Crippen LogP contribution >= 0.6 is 0 Å². The van der Waals surface area contributed by atoms with Gasteiger partial charge in [-0.3, -0.25) is 4.79 Å². The fourth-order valence-corrected chi connectivity index (χ4v) is 1.68. The van der Waals surface area contributed by atoms with E-state index < -0.39 is 0 Å². The van der Waals surface area contributed by atoms with E-state index in [1.54, 1.807) is 12.1 Å². The summed E-state index contributed by atoms with van der Waals surface area (Å²) in [5.74, 6) is 1.18. The first-order valence-electron chi connectivity index (χ1n) is 6.62. The Labute approximate surface area is 110 Å². The Balaban J connectivity index is 2.69. The molecule has 18 heavy (non-hydrogen) atoms. The van der Waals surface area contributed by atoms with Crippen LogP contribution in [0.15, 0.2) is 24.3 Å². The molecule has 0 aliphatic rings. The Morgan fingerprint density at radius 3 is 2.67 bits per heavy atom. The first-order chi connectivity index (χ1) is 8.58. The molecule has 1 amide bonds. The molecule has 100 valence electrons. The Hall–Kier alpha value is -1.51. The van der Waals surface area contributed by atoms with Gasteiger partial charge in [-0.05, 0) is 38.0 Å². The molecule has 3 nitrogen and oxygen atoms in total. The van der Waals surface area contributed by atoms with Crippen LogP contribution in [0.25, 0.3) is 0 Å². The zero-order chi connectivity index (χ0) is 13.5. The van der Waals surface area contributed by atoms with Gasteiger partial charge in [0, 0.05) is 11.6 Å². The minimum absolute atomic E-state index is 0.0376. The van der Waals surface area contributed by atoms with Crippen LogP contribution in [0.3, 0.4) is 0 Å². The van der Waals surface area contributed by atoms with E-state index in [0.717, 1.165) is 12.2 Å². The van der Waals surface area contributed by atoms with Gasteiger partial charge in [0.05, 0.1) is 6.61 Å². The number of carbonyl (C=O) groups is 1. The lowest BCUT2D eigenvalue weighted by molar-refractivity contribution is 0.0927. The molecule has 0 aliphatic heterocycles. The Kier molecular flexibility index (Phi) is 5.69. The van der Waals surface area contributed by atoms with Crippen LogP contribution in [0.1, 0.15) is 44.5 Å². The lowest BCUT2D eigenvalue weighted by atomic mass is 10.0. The summed E-state index contributed by atoms with van der Waals surface area (Å²) < 4.78 is 5.39. The summed E-state index contributed by atoms with van der Waals surface area (Å²) in [5, 5.41) is 3.02. The molecule has 0 aliphatic carbocycles. The number of hydrogen-bond acceptors (Lipinski definition) is 2. The van der Waals surface area contributed by atoms with E-state index in [1.165, 1.54) is 0 Å². The third-order valence-corrected chi connectivity index (χ3v) is 3.26. The van der Waals surface area contributed by atoms with Crippen LogP contribution in [0.5, 0.6) is 5.75 Å². The molecule has 3 heteroatoms. The van der Waals surface area contributed by atoms with Gasteiger partial charge in [0.15, 0.2) is 0 Å². The molecule has 0 bridgehead atoms. The maximum atomic E-state index is 12.1. The van der Waals surface area contributed by atoms with Crippen molar-refractivity contribution in [1.82, 2.24) is 5.32 Å². The Bertz CT molecular complexity index is 390. The SMILES string of the molecule is CCOc1cccc(C(=O)NC(C)C(C)CC)c1. The molecule has 2 atom stereocenters. The molecule has 1 N–H and O–H groups in total. The first kappa shape index (κ1) is 14.6. The van der Waals surface area contributed by atoms with Crippen molar-refractivity contribution in [3.8, 4) is 5.75 Å². The summed E-state index contributed by atoms with van der Waals surface area (Å²) >= 11 is 0. The monoisotopic (exact) mass is 249 g/mol. The quantitative estimate of drug-likeness (QED) is 0.840. The van der Waals surface area contributed by atoms with Gasteiger partial charge in [-0.2, -0.15) is 0 Å². The maximum absolute atomic E-state index is 12.1. The van der Waals surface area contributed by atoms with Gasteiger partial charge >= 0.3 is 0 Å². The van der Waals surface area contributed by atoms with Crippen LogP contribution in [0.2, 0.25) is 0 Å². The van der Waals surface area contributed by atoms with Crippen LogP contribution in [-0.2, 0) is 0 Å². The van der Waals surface area contributed by atoms with Gasteiger partial charge in [-0.15, -0.1) is 0 Å². The van der Waals surface area contributed by atoms with Crippen molar-refractivity contribution in [3.63, 3.8) is 0 Å². The van der Waals surface area contributed by atoms with E-state index in [9.17, 15) is 4.79 Å². The highest BCUT2D eigenvalue weighted by Gasteiger charge is 2.14. The van der Waals surface area contributed by atoms with Crippen molar-refractivity contribution in [2.75, 3.05) is 6.61 Å². The molecule has 0 aromatic heterocycles. The highest BCUT2D eigenvalue weighted by Crippen LogP contribution is 2.14. The Morgan fingerprint density at radius 1 is 1.33 bits per heavy atom. The second-order valence-corrected chi connectivity index (χ2v) is 4.61. The minimum atomic E-state index is -0.0376. The predicted octanol–water partition coefficient (Wildman–Crippen LogP) is 3.25. The molecule has 2 unspecified atom stereocenters. The Morgan fingerprint density at radius 2 is 2.06 bits per heavy atom. The smallest absolute Gasteiger partial charge is 0.251 e. The van der Waals surface area contributed by atoms with E-state index in [1.807, 2.05) is 26.0 Å². The second-order valence-electron chi connectivity index (χ2n) is 4.61. The third-order valence-electron chi connectivity index (χ3n) is 3.26. The number of hydrogen-bond donors (Lipinski definition) is 1. The average Bonchev–Trinajstić information content (AvgIpc) is 2.38. The molecule has 1 aromatic rings. The number of amides is 1. The minimum Gasteiger partial charge on any atom is -0.494 e. The van der Waals surface area contributed by atoms with Crippen molar-refractivity contribution in [1.29, 1.82) is 0 Å². The summed E-state index contributed by atoms with van der Waals surface area (Å²) in [6.07, 6.45) is 1.06. The molecule has 0 saturated heterocycles. The molecular weight excluding hydrogens is 226 g/mol. The second kappa shape index (κ2) is 7.04. The van der Waals surface area contributed by atoms with Crippen molar-refractivity contribution >= 4 is 5.91 Å². The highest BCUT2D eigenvalue weighted by atomic mass is 16.5. The molecule has 0 spiro atoms. The molecule has 0 heterocycles. The predicted molar refractivity (Wildman–Crippen MR) is 74.0 cm³/mol. The van der Waals surface area contributed by atoms with Gasteiger partial charge in [-0.25, -0.2) is 0 Å². The van der Waals surface area contributed by atoms with Gasteiger partial charge in [-0.1, -0.05) is 26.3 Å².